The Morgan fingerprint density at radius 3 is 2.86 bits per heavy atom. The highest BCUT2D eigenvalue weighted by Crippen LogP contribution is 2.36. The number of benzene rings is 2. The monoisotopic (exact) mass is 425 g/mol. The summed E-state index contributed by atoms with van der Waals surface area (Å²) in [5, 5.41) is 3.16. The van der Waals surface area contributed by atoms with Gasteiger partial charge in [0.05, 0.1) is 11.6 Å². The first kappa shape index (κ1) is 15.1. The van der Waals surface area contributed by atoms with E-state index >= 15 is 0 Å². The maximum absolute atomic E-state index is 12.5. The van der Waals surface area contributed by atoms with Gasteiger partial charge in [0.15, 0.2) is 0 Å². The zero-order valence-electron chi connectivity index (χ0n) is 11.1. The Morgan fingerprint density at radius 1 is 1.19 bits per heavy atom. The van der Waals surface area contributed by atoms with Gasteiger partial charge in [0.1, 0.15) is 0 Å². The van der Waals surface area contributed by atoms with Crippen molar-refractivity contribution in [3.63, 3.8) is 0 Å². The van der Waals surface area contributed by atoms with Gasteiger partial charge in [-0.1, -0.05) is 34.1 Å². The lowest BCUT2D eigenvalue weighted by molar-refractivity contribution is 0.0934. The second-order valence-electron chi connectivity index (χ2n) is 4.83. The van der Waals surface area contributed by atoms with Crippen LogP contribution in [0.5, 0.6) is 0 Å². The molecule has 1 atom stereocenters. The van der Waals surface area contributed by atoms with E-state index in [0.29, 0.717) is 5.56 Å². The van der Waals surface area contributed by atoms with Crippen molar-refractivity contribution >= 4 is 49.5 Å². The summed E-state index contributed by atoms with van der Waals surface area (Å²) in [5.74, 6) is 0.983. The minimum absolute atomic E-state index is 0.0464. The van der Waals surface area contributed by atoms with Gasteiger partial charge in [0.2, 0.25) is 0 Å². The van der Waals surface area contributed by atoms with Crippen molar-refractivity contribution < 1.29 is 4.79 Å². The Labute approximate surface area is 145 Å². The second kappa shape index (κ2) is 6.55. The Kier molecular flexibility index (Phi) is 4.72. The molecule has 0 radical (unpaired) electrons. The number of rotatable bonds is 2. The summed E-state index contributed by atoms with van der Waals surface area (Å²) < 4.78 is 1.71. The van der Waals surface area contributed by atoms with Crippen LogP contribution in [0.15, 0.2) is 56.3 Å². The van der Waals surface area contributed by atoms with E-state index in [9.17, 15) is 4.79 Å². The number of hydrogen-bond donors (Lipinski definition) is 1. The molecule has 2 nitrogen and oxygen atoms in total. The molecule has 0 bridgehead atoms. The molecule has 0 aliphatic carbocycles. The van der Waals surface area contributed by atoms with E-state index in [-0.39, 0.29) is 11.9 Å². The van der Waals surface area contributed by atoms with E-state index < -0.39 is 0 Å². The van der Waals surface area contributed by atoms with Gasteiger partial charge < -0.3 is 5.32 Å². The fourth-order valence-electron chi connectivity index (χ4n) is 2.40. The fraction of sp³-hybridized carbons (Fsp3) is 0.188. The van der Waals surface area contributed by atoms with E-state index in [4.69, 9.17) is 0 Å². The van der Waals surface area contributed by atoms with Gasteiger partial charge in [0.25, 0.3) is 5.91 Å². The van der Waals surface area contributed by atoms with Gasteiger partial charge in [-0.3, -0.25) is 4.79 Å². The minimum atomic E-state index is -0.0464. The van der Waals surface area contributed by atoms with Crippen LogP contribution in [0, 0.1) is 0 Å². The van der Waals surface area contributed by atoms with Crippen LogP contribution in [0.2, 0.25) is 0 Å². The number of fused-ring (bicyclic) bond motifs is 1. The molecule has 1 heterocycles. The van der Waals surface area contributed by atoms with E-state index in [1.807, 2.05) is 42.1 Å². The summed E-state index contributed by atoms with van der Waals surface area (Å²) in [6, 6.07) is 14.0. The predicted octanol–water partition coefficient (Wildman–Crippen LogP) is 5.18. The second-order valence-corrected chi connectivity index (χ2v) is 7.73. The Balaban J connectivity index is 1.84. The van der Waals surface area contributed by atoms with Crippen molar-refractivity contribution in [2.45, 2.75) is 17.4 Å². The molecule has 1 amide bonds. The van der Waals surface area contributed by atoms with E-state index in [2.05, 4.69) is 49.3 Å². The zero-order chi connectivity index (χ0) is 14.8. The SMILES string of the molecule is O=C(NC1CCSc2ccccc21)c1cc(Br)ccc1Br. The summed E-state index contributed by atoms with van der Waals surface area (Å²) in [7, 11) is 0. The molecular formula is C16H13Br2NOS. The Bertz CT molecular complexity index is 690. The van der Waals surface area contributed by atoms with Crippen molar-refractivity contribution in [1.29, 1.82) is 0 Å². The molecule has 2 aromatic rings. The van der Waals surface area contributed by atoms with Crippen molar-refractivity contribution in [2.75, 3.05) is 5.75 Å². The summed E-state index contributed by atoms with van der Waals surface area (Å²) >= 11 is 8.71. The quantitative estimate of drug-likeness (QED) is 0.716. The van der Waals surface area contributed by atoms with Crippen LogP contribution in [0.3, 0.4) is 0 Å². The van der Waals surface area contributed by atoms with Crippen LogP contribution >= 0.6 is 43.6 Å². The average Bonchev–Trinajstić information content (AvgIpc) is 2.50. The van der Waals surface area contributed by atoms with Gasteiger partial charge in [-0.25, -0.2) is 0 Å². The van der Waals surface area contributed by atoms with Crippen molar-refractivity contribution in [3.05, 3.63) is 62.5 Å². The van der Waals surface area contributed by atoms with Crippen LogP contribution in [-0.2, 0) is 0 Å². The lowest BCUT2D eigenvalue weighted by Crippen LogP contribution is -2.30. The average molecular weight is 427 g/mol. The molecular weight excluding hydrogens is 414 g/mol. The zero-order valence-corrected chi connectivity index (χ0v) is 15.1. The molecule has 1 aliphatic rings. The third-order valence-electron chi connectivity index (χ3n) is 3.44. The number of carbonyl (C=O) groups is 1. The number of halogens is 2. The van der Waals surface area contributed by atoms with Crippen LogP contribution in [0.4, 0.5) is 0 Å². The van der Waals surface area contributed by atoms with Gasteiger partial charge in [-0.05, 0) is 52.2 Å². The molecule has 0 saturated carbocycles. The first-order valence-electron chi connectivity index (χ1n) is 6.63. The van der Waals surface area contributed by atoms with Gasteiger partial charge in [0, 0.05) is 19.6 Å². The molecule has 1 unspecified atom stereocenters. The molecule has 3 rings (SSSR count). The maximum atomic E-state index is 12.5. The van der Waals surface area contributed by atoms with Crippen LogP contribution in [-0.4, -0.2) is 11.7 Å². The highest BCUT2D eigenvalue weighted by atomic mass is 79.9. The normalized spacial score (nSPS) is 17.1. The maximum Gasteiger partial charge on any atom is 0.252 e. The number of thioether (sulfide) groups is 1. The molecule has 1 aliphatic heterocycles. The Morgan fingerprint density at radius 2 is 2.00 bits per heavy atom. The molecule has 1 N–H and O–H groups in total. The lowest BCUT2D eigenvalue weighted by atomic mass is 10.0. The first-order chi connectivity index (χ1) is 10.1. The highest BCUT2D eigenvalue weighted by Gasteiger charge is 2.23. The highest BCUT2D eigenvalue weighted by molar-refractivity contribution is 9.11. The molecule has 0 spiro atoms. The summed E-state index contributed by atoms with van der Waals surface area (Å²) in [4.78, 5) is 13.8. The standard InChI is InChI=1S/C16H13Br2NOS/c17-10-5-6-13(18)12(9-10)16(20)19-14-7-8-21-15-4-2-1-3-11(14)15/h1-6,9,14H,7-8H2,(H,19,20). The van der Waals surface area contributed by atoms with E-state index in [1.165, 1.54) is 10.5 Å². The minimum Gasteiger partial charge on any atom is -0.345 e. The molecule has 0 fully saturated rings. The number of hydrogen-bond acceptors (Lipinski definition) is 2. The molecule has 2 aromatic carbocycles. The third kappa shape index (κ3) is 3.35. The summed E-state index contributed by atoms with van der Waals surface area (Å²) in [6.07, 6.45) is 0.957. The van der Waals surface area contributed by atoms with Gasteiger partial charge >= 0.3 is 0 Å². The Hall–Kier alpha value is -0.780. The number of amides is 1. The van der Waals surface area contributed by atoms with E-state index in [1.54, 1.807) is 0 Å². The van der Waals surface area contributed by atoms with Crippen molar-refractivity contribution in [3.8, 4) is 0 Å². The fourth-order valence-corrected chi connectivity index (χ4v) is 4.31. The number of nitrogens with one attached hydrogen (secondary N) is 1. The summed E-state index contributed by atoms with van der Waals surface area (Å²) in [6.45, 7) is 0. The van der Waals surface area contributed by atoms with Gasteiger partial charge in [-0.15, -0.1) is 11.8 Å². The van der Waals surface area contributed by atoms with E-state index in [0.717, 1.165) is 21.1 Å². The first-order valence-corrected chi connectivity index (χ1v) is 9.20. The topological polar surface area (TPSA) is 29.1 Å². The molecule has 5 heteroatoms. The molecule has 0 saturated heterocycles. The smallest absolute Gasteiger partial charge is 0.252 e. The number of carbonyl (C=O) groups excluding carboxylic acids is 1. The van der Waals surface area contributed by atoms with Crippen LogP contribution in [0.1, 0.15) is 28.4 Å². The lowest BCUT2D eigenvalue weighted by Gasteiger charge is -2.26. The summed E-state index contributed by atoms with van der Waals surface area (Å²) in [5.41, 5.74) is 1.87. The van der Waals surface area contributed by atoms with Crippen molar-refractivity contribution in [2.24, 2.45) is 0 Å². The van der Waals surface area contributed by atoms with Crippen LogP contribution < -0.4 is 5.32 Å². The molecule has 108 valence electrons. The molecule has 0 aromatic heterocycles. The van der Waals surface area contributed by atoms with Crippen LogP contribution in [0.25, 0.3) is 0 Å². The largest absolute Gasteiger partial charge is 0.345 e. The molecule has 21 heavy (non-hydrogen) atoms. The third-order valence-corrected chi connectivity index (χ3v) is 5.74. The predicted molar refractivity (Wildman–Crippen MR) is 93.8 cm³/mol. The van der Waals surface area contributed by atoms with Crippen molar-refractivity contribution in [1.82, 2.24) is 5.32 Å². The van der Waals surface area contributed by atoms with Gasteiger partial charge in [-0.2, -0.15) is 0 Å².